The third-order valence-corrected chi connectivity index (χ3v) is 5.29. The van der Waals surface area contributed by atoms with Crippen molar-refractivity contribution in [2.75, 3.05) is 27.8 Å². The van der Waals surface area contributed by atoms with Gasteiger partial charge in [0.25, 0.3) is 0 Å². The van der Waals surface area contributed by atoms with E-state index < -0.39 is 0 Å². The molecule has 7 nitrogen and oxygen atoms in total. The fraction of sp³-hybridized carbons (Fsp3) is 0.222. The smallest absolute Gasteiger partial charge is 0.243 e. The van der Waals surface area contributed by atoms with Gasteiger partial charge in [-0.05, 0) is 54.8 Å². The van der Waals surface area contributed by atoms with Gasteiger partial charge in [0, 0.05) is 35.6 Å². The van der Waals surface area contributed by atoms with Gasteiger partial charge in [-0.3, -0.25) is 14.4 Å². The second-order valence-corrected chi connectivity index (χ2v) is 7.90. The molecule has 176 valence electrons. The lowest BCUT2D eigenvalue weighted by molar-refractivity contribution is -0.116. The number of nitrogens with one attached hydrogen (secondary N) is 4. The van der Waals surface area contributed by atoms with Crippen molar-refractivity contribution < 1.29 is 14.4 Å². The maximum atomic E-state index is 12.5. The molecule has 0 aliphatic heterocycles. The molecule has 0 aromatic heterocycles. The predicted octanol–water partition coefficient (Wildman–Crippen LogP) is 4.97. The fourth-order valence-electron chi connectivity index (χ4n) is 3.35. The molecule has 0 bridgehead atoms. The maximum absolute atomic E-state index is 12.5. The van der Waals surface area contributed by atoms with E-state index in [9.17, 15) is 14.4 Å². The van der Waals surface area contributed by atoms with E-state index in [2.05, 4.69) is 21.3 Å². The van der Waals surface area contributed by atoms with Crippen molar-refractivity contribution in [2.24, 2.45) is 0 Å². The van der Waals surface area contributed by atoms with Crippen molar-refractivity contribution in [2.45, 2.75) is 33.1 Å². The molecule has 3 rings (SSSR count). The van der Waals surface area contributed by atoms with Crippen LogP contribution in [0.2, 0.25) is 0 Å². The molecule has 3 aromatic rings. The summed E-state index contributed by atoms with van der Waals surface area (Å²) in [6.45, 7) is 3.68. The standard InChI is InChI=1S/C27H30N4O3/c1-3-25(32)30-23-13-8-14-24(19(23)2)31-27(34)18-28-21-11-7-12-22(17-21)29-26(33)16-15-20-9-5-4-6-10-20/h4-14,17,28H,3,15-16,18H2,1-2H3,(H,29,33)(H,30,32)(H,31,34). The van der Waals surface area contributed by atoms with Gasteiger partial charge in [-0.25, -0.2) is 0 Å². The van der Waals surface area contributed by atoms with Crippen LogP contribution in [0.1, 0.15) is 30.9 Å². The van der Waals surface area contributed by atoms with Crippen LogP contribution in [0.15, 0.2) is 72.8 Å². The highest BCUT2D eigenvalue weighted by Crippen LogP contribution is 2.23. The SMILES string of the molecule is CCC(=O)Nc1cccc(NC(=O)CNc2cccc(NC(=O)CCc3ccccc3)c2)c1C. The Morgan fingerprint density at radius 3 is 2.06 bits per heavy atom. The molecule has 0 spiro atoms. The Balaban J connectivity index is 1.50. The monoisotopic (exact) mass is 458 g/mol. The summed E-state index contributed by atoms with van der Waals surface area (Å²) in [4.78, 5) is 36.5. The van der Waals surface area contributed by atoms with Gasteiger partial charge in [-0.15, -0.1) is 0 Å². The van der Waals surface area contributed by atoms with E-state index in [1.54, 1.807) is 31.2 Å². The van der Waals surface area contributed by atoms with E-state index in [1.165, 1.54) is 0 Å². The van der Waals surface area contributed by atoms with Crippen molar-refractivity contribution in [1.82, 2.24) is 0 Å². The van der Waals surface area contributed by atoms with E-state index >= 15 is 0 Å². The molecule has 0 unspecified atom stereocenters. The molecule has 4 N–H and O–H groups in total. The van der Waals surface area contributed by atoms with Crippen molar-refractivity contribution in [3.8, 4) is 0 Å². The van der Waals surface area contributed by atoms with Crippen molar-refractivity contribution in [3.63, 3.8) is 0 Å². The molecular formula is C27H30N4O3. The van der Waals surface area contributed by atoms with Gasteiger partial charge in [0.15, 0.2) is 0 Å². The van der Waals surface area contributed by atoms with Crippen LogP contribution in [0.4, 0.5) is 22.7 Å². The number of carbonyl (C=O) groups excluding carboxylic acids is 3. The van der Waals surface area contributed by atoms with E-state index in [0.29, 0.717) is 36.3 Å². The van der Waals surface area contributed by atoms with E-state index in [1.807, 2.05) is 55.5 Å². The predicted molar refractivity (Wildman–Crippen MR) is 137 cm³/mol. The van der Waals surface area contributed by atoms with Crippen LogP contribution in [0.3, 0.4) is 0 Å². The zero-order valence-electron chi connectivity index (χ0n) is 19.5. The summed E-state index contributed by atoms with van der Waals surface area (Å²) in [6, 6.07) is 22.5. The van der Waals surface area contributed by atoms with Crippen LogP contribution in [-0.4, -0.2) is 24.3 Å². The highest BCUT2D eigenvalue weighted by molar-refractivity contribution is 5.97. The average molecular weight is 459 g/mol. The minimum atomic E-state index is -0.223. The first-order valence-electron chi connectivity index (χ1n) is 11.3. The summed E-state index contributed by atoms with van der Waals surface area (Å²) < 4.78 is 0. The Morgan fingerprint density at radius 2 is 1.35 bits per heavy atom. The fourth-order valence-corrected chi connectivity index (χ4v) is 3.35. The molecule has 7 heteroatoms. The van der Waals surface area contributed by atoms with Gasteiger partial charge in [0.1, 0.15) is 0 Å². The molecule has 34 heavy (non-hydrogen) atoms. The number of aryl methyl sites for hydroxylation is 1. The van der Waals surface area contributed by atoms with Gasteiger partial charge in [-0.2, -0.15) is 0 Å². The van der Waals surface area contributed by atoms with Crippen LogP contribution in [-0.2, 0) is 20.8 Å². The summed E-state index contributed by atoms with van der Waals surface area (Å²) in [7, 11) is 0. The first-order valence-corrected chi connectivity index (χ1v) is 11.3. The summed E-state index contributed by atoms with van der Waals surface area (Å²) in [5, 5.41) is 11.7. The number of hydrogen-bond acceptors (Lipinski definition) is 4. The summed E-state index contributed by atoms with van der Waals surface area (Å²) in [5.41, 5.74) is 4.61. The largest absolute Gasteiger partial charge is 0.376 e. The summed E-state index contributed by atoms with van der Waals surface area (Å²) in [5.74, 6) is -0.371. The highest BCUT2D eigenvalue weighted by atomic mass is 16.2. The number of amides is 3. The van der Waals surface area contributed by atoms with Gasteiger partial charge >= 0.3 is 0 Å². The van der Waals surface area contributed by atoms with Crippen LogP contribution < -0.4 is 21.3 Å². The normalized spacial score (nSPS) is 10.3. The molecule has 0 saturated heterocycles. The number of carbonyl (C=O) groups is 3. The number of rotatable bonds is 10. The topological polar surface area (TPSA) is 99.3 Å². The Bertz CT molecular complexity index is 1150. The molecule has 3 amide bonds. The number of benzene rings is 3. The van der Waals surface area contributed by atoms with E-state index in [-0.39, 0.29) is 24.3 Å². The second kappa shape index (κ2) is 12.2. The van der Waals surface area contributed by atoms with Crippen LogP contribution in [0.5, 0.6) is 0 Å². The number of anilines is 4. The molecule has 0 aliphatic rings. The van der Waals surface area contributed by atoms with Crippen molar-refractivity contribution in [1.29, 1.82) is 0 Å². The highest BCUT2D eigenvalue weighted by Gasteiger charge is 2.10. The molecule has 0 fully saturated rings. The van der Waals surface area contributed by atoms with Gasteiger partial charge < -0.3 is 21.3 Å². The van der Waals surface area contributed by atoms with Crippen LogP contribution in [0.25, 0.3) is 0 Å². The molecular weight excluding hydrogens is 428 g/mol. The summed E-state index contributed by atoms with van der Waals surface area (Å²) >= 11 is 0. The first kappa shape index (κ1) is 24.5. The Labute approximate surface area is 200 Å². The Kier molecular flexibility index (Phi) is 8.80. The Morgan fingerprint density at radius 1 is 0.706 bits per heavy atom. The quantitative estimate of drug-likeness (QED) is 0.345. The zero-order valence-corrected chi connectivity index (χ0v) is 19.5. The molecule has 0 radical (unpaired) electrons. The Hall–Kier alpha value is -4.13. The maximum Gasteiger partial charge on any atom is 0.243 e. The van der Waals surface area contributed by atoms with E-state index in [4.69, 9.17) is 0 Å². The lowest BCUT2D eigenvalue weighted by Crippen LogP contribution is -2.22. The minimum absolute atomic E-state index is 0.0520. The molecule has 3 aromatic carbocycles. The molecule has 0 atom stereocenters. The lowest BCUT2D eigenvalue weighted by atomic mass is 10.1. The zero-order chi connectivity index (χ0) is 24.3. The number of hydrogen-bond donors (Lipinski definition) is 4. The third-order valence-electron chi connectivity index (χ3n) is 5.29. The van der Waals surface area contributed by atoms with Crippen molar-refractivity contribution in [3.05, 3.63) is 83.9 Å². The minimum Gasteiger partial charge on any atom is -0.376 e. The lowest BCUT2D eigenvalue weighted by Gasteiger charge is -2.14. The third kappa shape index (κ3) is 7.48. The molecule has 0 aliphatic carbocycles. The van der Waals surface area contributed by atoms with E-state index in [0.717, 1.165) is 16.8 Å². The summed E-state index contributed by atoms with van der Waals surface area (Å²) in [6.07, 6.45) is 1.45. The molecule has 0 heterocycles. The molecule has 0 saturated carbocycles. The van der Waals surface area contributed by atoms with Crippen LogP contribution in [0, 0.1) is 6.92 Å². The van der Waals surface area contributed by atoms with Crippen LogP contribution >= 0.6 is 0 Å². The van der Waals surface area contributed by atoms with Crippen molar-refractivity contribution >= 4 is 40.5 Å². The van der Waals surface area contributed by atoms with Gasteiger partial charge in [0.2, 0.25) is 17.7 Å². The van der Waals surface area contributed by atoms with Gasteiger partial charge in [0.05, 0.1) is 6.54 Å². The van der Waals surface area contributed by atoms with Gasteiger partial charge in [-0.1, -0.05) is 49.4 Å². The average Bonchev–Trinajstić information content (AvgIpc) is 2.85. The first-order chi connectivity index (χ1) is 16.4. The second-order valence-electron chi connectivity index (χ2n) is 7.90.